The van der Waals surface area contributed by atoms with Gasteiger partial charge in [-0.2, -0.15) is 0 Å². The summed E-state index contributed by atoms with van der Waals surface area (Å²) in [5, 5.41) is 1.64. The van der Waals surface area contributed by atoms with Crippen molar-refractivity contribution < 1.29 is 14.0 Å². The minimum absolute atomic E-state index is 0.0179. The zero-order chi connectivity index (χ0) is 15.0. The molecule has 0 aliphatic carbocycles. The second-order valence-corrected chi connectivity index (χ2v) is 5.00. The quantitative estimate of drug-likeness (QED) is 0.685. The molecule has 0 unspecified atom stereocenters. The van der Waals surface area contributed by atoms with Crippen molar-refractivity contribution in [3.8, 4) is 0 Å². The fraction of sp³-hybridized carbons (Fsp3) is 0.0667. The fourth-order valence-corrected chi connectivity index (χ4v) is 2.21. The van der Waals surface area contributed by atoms with E-state index in [0.717, 1.165) is 5.01 Å². The summed E-state index contributed by atoms with van der Waals surface area (Å²) in [6.45, 7) is 1.79. The Morgan fingerprint density at radius 2 is 2.05 bits per heavy atom. The smallest absolute Gasteiger partial charge is 0.282 e. The first-order valence-electron chi connectivity index (χ1n) is 6.24. The molecular formula is C15H11ClN2O3. The van der Waals surface area contributed by atoms with Gasteiger partial charge in [0.25, 0.3) is 11.8 Å². The van der Waals surface area contributed by atoms with Crippen molar-refractivity contribution in [2.75, 3.05) is 5.01 Å². The van der Waals surface area contributed by atoms with Crippen LogP contribution in [-0.2, 0) is 9.59 Å². The maximum Gasteiger partial charge on any atom is 0.282 e. The van der Waals surface area contributed by atoms with Crippen LogP contribution in [0.5, 0.6) is 0 Å². The lowest BCUT2D eigenvalue weighted by Gasteiger charge is -2.14. The third-order valence-corrected chi connectivity index (χ3v) is 3.24. The zero-order valence-corrected chi connectivity index (χ0v) is 11.8. The van der Waals surface area contributed by atoms with Crippen molar-refractivity contribution in [3.05, 3.63) is 58.5 Å². The first kappa shape index (κ1) is 13.5. The van der Waals surface area contributed by atoms with E-state index in [1.54, 1.807) is 43.3 Å². The van der Waals surface area contributed by atoms with E-state index in [9.17, 15) is 9.59 Å². The normalized spacial score (nSPS) is 16.7. The molecule has 21 heavy (non-hydrogen) atoms. The van der Waals surface area contributed by atoms with Crippen LogP contribution in [0.2, 0.25) is 5.02 Å². The average molecular weight is 303 g/mol. The van der Waals surface area contributed by atoms with Crippen LogP contribution in [0.3, 0.4) is 0 Å². The molecule has 0 saturated carbocycles. The standard InChI is InChI=1S/C15H11ClN2O3/c1-9-5-6-12(21-9)8-13-14(19)17-18(15(13)20)11-4-2-3-10(16)7-11/h2-8H,1H3,(H,17,19)/b13-8-. The van der Waals surface area contributed by atoms with Gasteiger partial charge in [0.05, 0.1) is 5.69 Å². The number of rotatable bonds is 2. The van der Waals surface area contributed by atoms with Crippen LogP contribution in [0.1, 0.15) is 11.5 Å². The monoisotopic (exact) mass is 302 g/mol. The number of furan rings is 1. The number of hydrogen-bond acceptors (Lipinski definition) is 3. The summed E-state index contributed by atoms with van der Waals surface area (Å²) in [6.07, 6.45) is 1.43. The molecule has 5 nitrogen and oxygen atoms in total. The summed E-state index contributed by atoms with van der Waals surface area (Å²) in [6, 6.07) is 10.1. The Bertz CT molecular complexity index is 764. The van der Waals surface area contributed by atoms with Crippen molar-refractivity contribution in [1.29, 1.82) is 0 Å². The van der Waals surface area contributed by atoms with E-state index in [1.165, 1.54) is 6.08 Å². The van der Waals surface area contributed by atoms with Crippen molar-refractivity contribution in [2.24, 2.45) is 0 Å². The molecule has 0 spiro atoms. The second-order valence-electron chi connectivity index (χ2n) is 4.57. The molecule has 1 N–H and O–H groups in total. The van der Waals surface area contributed by atoms with Gasteiger partial charge >= 0.3 is 0 Å². The number of carbonyl (C=O) groups excluding carboxylic acids is 2. The summed E-state index contributed by atoms with van der Waals surface area (Å²) >= 11 is 5.90. The lowest BCUT2D eigenvalue weighted by atomic mass is 10.2. The van der Waals surface area contributed by atoms with Gasteiger partial charge in [-0.1, -0.05) is 17.7 Å². The molecule has 1 saturated heterocycles. The Morgan fingerprint density at radius 1 is 1.24 bits per heavy atom. The van der Waals surface area contributed by atoms with Crippen LogP contribution < -0.4 is 10.4 Å². The Hall–Kier alpha value is -2.53. The van der Waals surface area contributed by atoms with E-state index in [1.807, 2.05) is 0 Å². The molecule has 2 aromatic rings. The summed E-state index contributed by atoms with van der Waals surface area (Å²) < 4.78 is 5.35. The van der Waals surface area contributed by atoms with Crippen LogP contribution in [0.15, 0.2) is 46.4 Å². The van der Waals surface area contributed by atoms with Gasteiger partial charge in [-0.3, -0.25) is 15.0 Å². The highest BCUT2D eigenvalue weighted by molar-refractivity contribution is 6.33. The molecule has 1 aliphatic rings. The van der Waals surface area contributed by atoms with Crippen LogP contribution in [0, 0.1) is 6.92 Å². The van der Waals surface area contributed by atoms with Gasteiger partial charge in [-0.05, 0) is 43.3 Å². The zero-order valence-electron chi connectivity index (χ0n) is 11.1. The minimum Gasteiger partial charge on any atom is -0.462 e. The van der Waals surface area contributed by atoms with Gasteiger partial charge in [-0.25, -0.2) is 5.01 Å². The number of carbonyl (C=O) groups is 2. The highest BCUT2D eigenvalue weighted by Gasteiger charge is 2.34. The van der Waals surface area contributed by atoms with Crippen molar-refractivity contribution in [3.63, 3.8) is 0 Å². The number of aryl methyl sites for hydroxylation is 1. The van der Waals surface area contributed by atoms with Crippen LogP contribution in [-0.4, -0.2) is 11.8 Å². The van der Waals surface area contributed by atoms with E-state index in [0.29, 0.717) is 22.2 Å². The number of nitrogens with zero attached hydrogens (tertiary/aromatic N) is 1. The van der Waals surface area contributed by atoms with Crippen LogP contribution in [0.4, 0.5) is 5.69 Å². The van der Waals surface area contributed by atoms with Gasteiger partial charge in [0.15, 0.2) is 0 Å². The van der Waals surface area contributed by atoms with Gasteiger partial charge in [-0.15, -0.1) is 0 Å². The van der Waals surface area contributed by atoms with E-state index in [4.69, 9.17) is 16.0 Å². The number of anilines is 1. The summed E-state index contributed by atoms with van der Waals surface area (Å²) in [4.78, 5) is 24.3. The molecule has 6 heteroatoms. The summed E-state index contributed by atoms with van der Waals surface area (Å²) in [5.41, 5.74) is 3.02. The molecular weight excluding hydrogens is 292 g/mol. The lowest BCUT2D eigenvalue weighted by Crippen LogP contribution is -2.35. The predicted molar refractivity (Wildman–Crippen MR) is 78.5 cm³/mol. The Morgan fingerprint density at radius 3 is 2.71 bits per heavy atom. The lowest BCUT2D eigenvalue weighted by molar-refractivity contribution is -0.117. The molecule has 0 bridgehead atoms. The second kappa shape index (κ2) is 5.10. The van der Waals surface area contributed by atoms with Crippen LogP contribution in [0.25, 0.3) is 6.08 Å². The molecule has 2 amide bonds. The number of nitrogens with one attached hydrogen (secondary N) is 1. The molecule has 3 rings (SSSR count). The highest BCUT2D eigenvalue weighted by atomic mass is 35.5. The van der Waals surface area contributed by atoms with Crippen molar-refractivity contribution in [1.82, 2.24) is 5.43 Å². The fourth-order valence-electron chi connectivity index (χ4n) is 2.03. The largest absolute Gasteiger partial charge is 0.462 e. The number of benzene rings is 1. The Balaban J connectivity index is 1.94. The molecule has 1 fully saturated rings. The topological polar surface area (TPSA) is 62.6 Å². The molecule has 1 aromatic heterocycles. The molecule has 1 aliphatic heterocycles. The average Bonchev–Trinajstić information content (AvgIpc) is 2.97. The maximum atomic E-state index is 12.3. The third-order valence-electron chi connectivity index (χ3n) is 3.01. The molecule has 0 atom stereocenters. The number of halogens is 1. The SMILES string of the molecule is Cc1ccc(/C=C2/C(=O)NN(c3cccc(Cl)c3)C2=O)o1. The van der Waals surface area contributed by atoms with Crippen molar-refractivity contribution >= 4 is 35.2 Å². The summed E-state index contributed by atoms with van der Waals surface area (Å²) in [7, 11) is 0. The highest BCUT2D eigenvalue weighted by Crippen LogP contribution is 2.24. The van der Waals surface area contributed by atoms with Gasteiger partial charge in [0.1, 0.15) is 17.1 Å². The molecule has 2 heterocycles. The van der Waals surface area contributed by atoms with E-state index < -0.39 is 11.8 Å². The maximum absolute atomic E-state index is 12.3. The number of hydrazine groups is 1. The van der Waals surface area contributed by atoms with E-state index in [-0.39, 0.29) is 5.57 Å². The molecule has 106 valence electrons. The van der Waals surface area contributed by atoms with Gasteiger partial charge in [0.2, 0.25) is 0 Å². The Kier molecular flexibility index (Phi) is 3.27. The van der Waals surface area contributed by atoms with Crippen LogP contribution >= 0.6 is 11.6 Å². The first-order valence-corrected chi connectivity index (χ1v) is 6.61. The first-order chi connectivity index (χ1) is 10.0. The van der Waals surface area contributed by atoms with Crippen molar-refractivity contribution in [2.45, 2.75) is 6.92 Å². The minimum atomic E-state index is -0.478. The molecule has 0 radical (unpaired) electrons. The predicted octanol–water partition coefficient (Wildman–Crippen LogP) is 2.70. The summed E-state index contributed by atoms with van der Waals surface area (Å²) in [5.74, 6) is 0.240. The van der Waals surface area contributed by atoms with Gasteiger partial charge in [0, 0.05) is 5.02 Å². The third kappa shape index (κ3) is 2.55. The molecule has 1 aromatic carbocycles. The Labute approximate surface area is 125 Å². The van der Waals surface area contributed by atoms with E-state index in [2.05, 4.69) is 5.43 Å². The number of amides is 2. The van der Waals surface area contributed by atoms with E-state index >= 15 is 0 Å². The number of hydrogen-bond donors (Lipinski definition) is 1. The van der Waals surface area contributed by atoms with Gasteiger partial charge < -0.3 is 4.42 Å².